The van der Waals surface area contributed by atoms with Gasteiger partial charge in [0.25, 0.3) is 0 Å². The Labute approximate surface area is 130 Å². The maximum Gasteiger partial charge on any atom is 0.161 e. The lowest BCUT2D eigenvalue weighted by Crippen LogP contribution is -2.44. The second-order valence-corrected chi connectivity index (χ2v) is 5.68. The predicted octanol–water partition coefficient (Wildman–Crippen LogP) is 0.722. The topological polar surface area (TPSA) is 87.7 Å². The molecular formula is C16H23N3O3. The zero-order chi connectivity index (χ0) is 16.0. The van der Waals surface area contributed by atoms with Crippen molar-refractivity contribution in [3.05, 3.63) is 29.8 Å². The van der Waals surface area contributed by atoms with Gasteiger partial charge in [-0.25, -0.2) is 0 Å². The van der Waals surface area contributed by atoms with E-state index >= 15 is 0 Å². The minimum absolute atomic E-state index is 0.158. The molecule has 2 aliphatic rings. The van der Waals surface area contributed by atoms with Crippen molar-refractivity contribution in [2.24, 2.45) is 10.8 Å². The average molecular weight is 305 g/mol. The van der Waals surface area contributed by atoms with E-state index in [0.29, 0.717) is 5.75 Å². The minimum Gasteiger partial charge on any atom is -0.545 e. The molecule has 0 unspecified atom stereocenters. The third-order valence-electron chi connectivity index (χ3n) is 4.10. The van der Waals surface area contributed by atoms with Crippen LogP contribution >= 0.6 is 0 Å². The highest BCUT2D eigenvalue weighted by molar-refractivity contribution is 5.85. The van der Waals surface area contributed by atoms with Crippen molar-refractivity contribution in [1.29, 1.82) is 0 Å². The highest BCUT2D eigenvalue weighted by Gasteiger charge is 2.34. The number of piperidine rings is 1. The van der Waals surface area contributed by atoms with Gasteiger partial charge in [-0.2, -0.15) is 4.59 Å². The van der Waals surface area contributed by atoms with E-state index < -0.39 is 5.97 Å². The van der Waals surface area contributed by atoms with E-state index in [1.54, 1.807) is 12.1 Å². The average Bonchev–Trinajstić information content (AvgIpc) is 2.89. The molecule has 1 spiro atoms. The number of carbonyl (C=O) groups is 1. The number of quaternary nitrogens is 1. The van der Waals surface area contributed by atoms with Crippen LogP contribution in [0.3, 0.4) is 0 Å². The van der Waals surface area contributed by atoms with Crippen LogP contribution in [0.15, 0.2) is 29.4 Å². The molecule has 1 fully saturated rings. The van der Waals surface area contributed by atoms with Crippen molar-refractivity contribution < 1.29 is 19.2 Å². The number of hydrogen-bond donors (Lipinski definition) is 1. The number of carbonyl (C=O) groups excluding carboxylic acids is 1. The summed E-state index contributed by atoms with van der Waals surface area (Å²) in [5.41, 5.74) is 5.83. The van der Waals surface area contributed by atoms with Gasteiger partial charge in [0.15, 0.2) is 5.84 Å². The summed E-state index contributed by atoms with van der Waals surface area (Å²) in [6.07, 6.45) is 5.06. The lowest BCUT2D eigenvalue weighted by Gasteiger charge is -2.31. The van der Waals surface area contributed by atoms with Crippen molar-refractivity contribution >= 4 is 11.8 Å². The molecule has 0 saturated carbocycles. The number of amidine groups is 1. The van der Waals surface area contributed by atoms with Crippen LogP contribution in [0.25, 0.3) is 0 Å². The molecule has 3 rings (SSSR count). The fourth-order valence-electron chi connectivity index (χ4n) is 2.85. The smallest absolute Gasteiger partial charge is 0.161 e. The lowest BCUT2D eigenvalue weighted by molar-refractivity contribution is -0.933. The van der Waals surface area contributed by atoms with Crippen LogP contribution in [0.4, 0.5) is 0 Å². The van der Waals surface area contributed by atoms with Gasteiger partial charge in [-0.15, -0.1) is 0 Å². The van der Waals surface area contributed by atoms with E-state index in [1.165, 1.54) is 51.6 Å². The van der Waals surface area contributed by atoms with Crippen LogP contribution < -0.4 is 15.6 Å². The zero-order valence-electron chi connectivity index (χ0n) is 13.0. The number of methoxy groups -OCH3 is 1. The van der Waals surface area contributed by atoms with E-state index in [0.717, 1.165) is 23.4 Å². The maximum atomic E-state index is 10.2. The monoisotopic (exact) mass is 305 g/mol. The molecule has 6 heteroatoms. The number of hydrogen-bond acceptors (Lipinski definition) is 5. The quantitative estimate of drug-likeness (QED) is 0.816. The van der Waals surface area contributed by atoms with Gasteiger partial charge < -0.3 is 20.4 Å². The van der Waals surface area contributed by atoms with Crippen molar-refractivity contribution in [2.45, 2.75) is 25.7 Å². The number of benzene rings is 1. The van der Waals surface area contributed by atoms with Gasteiger partial charge in [-0.05, 0) is 49.1 Å². The largest absolute Gasteiger partial charge is 0.545 e. The van der Waals surface area contributed by atoms with Crippen molar-refractivity contribution in [3.8, 4) is 5.75 Å². The fraction of sp³-hybridized carbons (Fsp3) is 0.500. The van der Waals surface area contributed by atoms with Gasteiger partial charge in [-0.3, -0.25) is 0 Å². The number of aromatic carboxylic acids is 1. The molecule has 2 N–H and O–H groups in total. The van der Waals surface area contributed by atoms with Gasteiger partial charge in [0.05, 0.1) is 19.5 Å². The molecule has 1 aromatic rings. The number of nitrogens with zero attached hydrogens (tertiary/aromatic N) is 2. The molecule has 0 amide bonds. The normalized spacial score (nSPS) is 19.0. The van der Waals surface area contributed by atoms with E-state index in [-0.39, 0.29) is 5.56 Å². The maximum absolute atomic E-state index is 10.2. The molecule has 0 aliphatic carbocycles. The van der Waals surface area contributed by atoms with Crippen LogP contribution in [0.1, 0.15) is 36.0 Å². The summed E-state index contributed by atoms with van der Waals surface area (Å²) in [6.45, 7) is 3.60. The number of carboxylic acids is 1. The minimum atomic E-state index is -1.17. The molecule has 120 valence electrons. The molecule has 22 heavy (non-hydrogen) atoms. The number of rotatable bonds is 2. The highest BCUT2D eigenvalue weighted by Crippen LogP contribution is 2.23. The van der Waals surface area contributed by atoms with Crippen LogP contribution in [0.5, 0.6) is 5.75 Å². The first-order valence-corrected chi connectivity index (χ1v) is 7.61. The van der Waals surface area contributed by atoms with Gasteiger partial charge in [-0.1, -0.05) is 5.10 Å². The summed E-state index contributed by atoms with van der Waals surface area (Å²) in [5.74, 6) is 0.328. The summed E-state index contributed by atoms with van der Waals surface area (Å²) < 4.78 is 5.79. The Morgan fingerprint density at radius 3 is 2.27 bits per heavy atom. The van der Waals surface area contributed by atoms with Crippen LogP contribution in [0.2, 0.25) is 0 Å². The van der Waals surface area contributed by atoms with Gasteiger partial charge in [0, 0.05) is 0 Å². The van der Waals surface area contributed by atoms with Crippen molar-refractivity contribution in [3.63, 3.8) is 0 Å². The summed E-state index contributed by atoms with van der Waals surface area (Å²) >= 11 is 0. The molecule has 0 bridgehead atoms. The Morgan fingerprint density at radius 2 is 1.82 bits per heavy atom. The summed E-state index contributed by atoms with van der Waals surface area (Å²) in [7, 11) is 1.52. The second kappa shape index (κ2) is 7.26. The van der Waals surface area contributed by atoms with E-state index in [9.17, 15) is 9.90 Å². The molecule has 6 nitrogen and oxygen atoms in total. The summed E-state index contributed by atoms with van der Waals surface area (Å²) in [5, 5.41) is 14.8. The first-order valence-electron chi connectivity index (χ1n) is 7.61. The van der Waals surface area contributed by atoms with Crippen LogP contribution in [-0.4, -0.2) is 43.1 Å². The number of nitrogens with two attached hydrogens (primary N) is 1. The molecule has 2 aliphatic heterocycles. The Hall–Kier alpha value is -2.08. The predicted molar refractivity (Wildman–Crippen MR) is 82.3 cm³/mol. The summed E-state index contributed by atoms with van der Waals surface area (Å²) in [4.78, 5) is 10.2. The third kappa shape index (κ3) is 4.21. The SMILES string of the molecule is COc1ccc(C(=O)[O-])cc1.NC1=N[N+]2(CCCCC2)CC1. The number of carboxylic acid groups (broad SMARTS) is 1. The van der Waals surface area contributed by atoms with E-state index in [1.807, 2.05) is 0 Å². The van der Waals surface area contributed by atoms with E-state index in [2.05, 4.69) is 5.10 Å². The molecular weight excluding hydrogens is 282 g/mol. The first kappa shape index (κ1) is 16.3. The number of ether oxygens (including phenoxy) is 1. The van der Waals surface area contributed by atoms with Gasteiger partial charge >= 0.3 is 0 Å². The Balaban J connectivity index is 0.000000160. The third-order valence-corrected chi connectivity index (χ3v) is 4.10. The fourth-order valence-corrected chi connectivity index (χ4v) is 2.85. The molecule has 0 atom stereocenters. The van der Waals surface area contributed by atoms with Crippen molar-refractivity contribution in [1.82, 2.24) is 0 Å². The second-order valence-electron chi connectivity index (χ2n) is 5.68. The molecule has 1 saturated heterocycles. The Morgan fingerprint density at radius 1 is 1.18 bits per heavy atom. The van der Waals surface area contributed by atoms with Gasteiger partial charge in [0.1, 0.15) is 25.4 Å². The zero-order valence-corrected chi connectivity index (χ0v) is 13.0. The molecule has 2 heterocycles. The van der Waals surface area contributed by atoms with Crippen molar-refractivity contribution in [2.75, 3.05) is 26.7 Å². The first-order chi connectivity index (χ1) is 10.5. The highest BCUT2D eigenvalue weighted by atomic mass is 16.5. The Kier molecular flexibility index (Phi) is 5.38. The standard InChI is InChI=1S/C8H16N3.C8H8O3/c9-8-4-7-11(10-8)5-2-1-3-6-11;1-11-7-4-2-6(3-5-7)8(9)10/h1-7H2,(H2,9,10);2-5H,1H3,(H,9,10)/q+1;/p-1. The molecule has 0 aromatic heterocycles. The summed E-state index contributed by atoms with van der Waals surface area (Å²) in [6, 6.07) is 6.03. The van der Waals surface area contributed by atoms with Gasteiger partial charge in [0.2, 0.25) is 0 Å². The van der Waals surface area contributed by atoms with Crippen LogP contribution in [0, 0.1) is 0 Å². The van der Waals surface area contributed by atoms with E-state index in [4.69, 9.17) is 10.5 Å². The molecule has 0 radical (unpaired) electrons. The lowest BCUT2D eigenvalue weighted by atomic mass is 10.1. The van der Waals surface area contributed by atoms with Crippen LogP contribution in [-0.2, 0) is 0 Å². The molecule has 1 aromatic carbocycles. The Bertz CT molecular complexity index is 534.